The van der Waals surface area contributed by atoms with E-state index in [1.54, 1.807) is 11.0 Å². The number of hydrogen-bond acceptors (Lipinski definition) is 3. The molecule has 1 aromatic carbocycles. The van der Waals surface area contributed by atoms with E-state index in [2.05, 4.69) is 6.58 Å². The van der Waals surface area contributed by atoms with Crippen LogP contribution in [0.1, 0.15) is 31.1 Å². The molecular weight excluding hydrogens is 298 g/mol. The first-order valence-corrected chi connectivity index (χ1v) is 8.36. The van der Waals surface area contributed by atoms with Gasteiger partial charge in [0.2, 0.25) is 0 Å². The minimum absolute atomic E-state index is 0.0262. The van der Waals surface area contributed by atoms with Crippen LogP contribution in [0.2, 0.25) is 0 Å². The summed E-state index contributed by atoms with van der Waals surface area (Å²) in [7, 11) is 1.47. The van der Waals surface area contributed by atoms with Gasteiger partial charge in [0, 0.05) is 28.3 Å². The molecule has 0 saturated carbocycles. The van der Waals surface area contributed by atoms with E-state index in [9.17, 15) is 13.2 Å². The van der Waals surface area contributed by atoms with E-state index in [4.69, 9.17) is 10.7 Å². The standard InChI is InChI=1S/C14H18ClNO3S/c1-5-10-16(14(2,3)4)13(17)11-6-8-12(9-7-11)20(15,18)19/h5-9H,1,10H2,2-4H3. The van der Waals surface area contributed by atoms with Crippen LogP contribution < -0.4 is 0 Å². The lowest BCUT2D eigenvalue weighted by Crippen LogP contribution is -2.45. The van der Waals surface area contributed by atoms with Crippen molar-refractivity contribution in [2.45, 2.75) is 31.2 Å². The van der Waals surface area contributed by atoms with Gasteiger partial charge in [0.15, 0.2) is 0 Å². The SMILES string of the molecule is C=CCN(C(=O)c1ccc(S(=O)(=O)Cl)cc1)C(C)(C)C. The van der Waals surface area contributed by atoms with Crippen molar-refractivity contribution in [2.24, 2.45) is 0 Å². The Morgan fingerprint density at radius 2 is 1.80 bits per heavy atom. The highest BCUT2D eigenvalue weighted by atomic mass is 35.7. The second kappa shape index (κ2) is 5.97. The first kappa shape index (κ1) is 16.7. The molecule has 0 fully saturated rings. The average molecular weight is 316 g/mol. The summed E-state index contributed by atoms with van der Waals surface area (Å²) in [6, 6.07) is 5.56. The number of benzene rings is 1. The Balaban J connectivity index is 3.11. The summed E-state index contributed by atoms with van der Waals surface area (Å²) in [5, 5.41) is 0. The fourth-order valence-corrected chi connectivity index (χ4v) is 2.48. The second-order valence-corrected chi connectivity index (χ2v) is 7.90. The summed E-state index contributed by atoms with van der Waals surface area (Å²) < 4.78 is 22.3. The number of nitrogens with zero attached hydrogens (tertiary/aromatic N) is 1. The normalized spacial score (nSPS) is 12.0. The fraction of sp³-hybridized carbons (Fsp3) is 0.357. The molecule has 0 aromatic heterocycles. The summed E-state index contributed by atoms with van der Waals surface area (Å²) in [5.41, 5.74) is 0.0496. The topological polar surface area (TPSA) is 54.5 Å². The van der Waals surface area contributed by atoms with Crippen molar-refractivity contribution < 1.29 is 13.2 Å². The Morgan fingerprint density at radius 1 is 1.30 bits per heavy atom. The highest BCUT2D eigenvalue weighted by Crippen LogP contribution is 2.20. The maximum absolute atomic E-state index is 12.4. The fourth-order valence-electron chi connectivity index (χ4n) is 1.71. The molecule has 1 aromatic rings. The van der Waals surface area contributed by atoms with E-state index < -0.39 is 9.05 Å². The molecule has 0 saturated heterocycles. The molecule has 0 N–H and O–H groups in total. The largest absolute Gasteiger partial charge is 0.330 e. The molecule has 1 rings (SSSR count). The van der Waals surface area contributed by atoms with Gasteiger partial charge in [-0.25, -0.2) is 8.42 Å². The third-order valence-electron chi connectivity index (χ3n) is 2.75. The van der Waals surface area contributed by atoms with E-state index in [0.29, 0.717) is 12.1 Å². The van der Waals surface area contributed by atoms with Crippen molar-refractivity contribution in [1.29, 1.82) is 0 Å². The summed E-state index contributed by atoms with van der Waals surface area (Å²) in [6.45, 7) is 9.83. The molecule has 110 valence electrons. The summed E-state index contributed by atoms with van der Waals surface area (Å²) in [5.74, 6) is -0.184. The monoisotopic (exact) mass is 315 g/mol. The van der Waals surface area contributed by atoms with Gasteiger partial charge in [-0.1, -0.05) is 6.08 Å². The highest BCUT2D eigenvalue weighted by Gasteiger charge is 2.26. The van der Waals surface area contributed by atoms with Crippen molar-refractivity contribution in [3.63, 3.8) is 0 Å². The van der Waals surface area contributed by atoms with Crippen LogP contribution in [0.15, 0.2) is 41.8 Å². The first-order valence-electron chi connectivity index (χ1n) is 6.05. The van der Waals surface area contributed by atoms with Crippen LogP contribution in [0, 0.1) is 0 Å². The minimum Gasteiger partial charge on any atom is -0.330 e. The van der Waals surface area contributed by atoms with Gasteiger partial charge in [-0.2, -0.15) is 0 Å². The van der Waals surface area contributed by atoms with Crippen LogP contribution in [0.5, 0.6) is 0 Å². The molecule has 0 unspecified atom stereocenters. The lowest BCUT2D eigenvalue weighted by atomic mass is 10.0. The molecule has 0 spiro atoms. The Kier molecular flexibility index (Phi) is 5.00. The molecule has 4 nitrogen and oxygen atoms in total. The van der Waals surface area contributed by atoms with Crippen molar-refractivity contribution >= 4 is 25.6 Å². The molecule has 0 atom stereocenters. The smallest absolute Gasteiger partial charge is 0.261 e. The van der Waals surface area contributed by atoms with E-state index in [-0.39, 0.29) is 16.3 Å². The molecule has 0 aliphatic carbocycles. The Labute approximate surface area is 124 Å². The van der Waals surface area contributed by atoms with Crippen molar-refractivity contribution in [3.8, 4) is 0 Å². The van der Waals surface area contributed by atoms with Crippen LogP contribution in [0.4, 0.5) is 0 Å². The van der Waals surface area contributed by atoms with Crippen LogP contribution in [-0.4, -0.2) is 31.3 Å². The zero-order valence-corrected chi connectivity index (χ0v) is 13.3. The van der Waals surface area contributed by atoms with E-state index >= 15 is 0 Å². The first-order chi connectivity index (χ1) is 9.07. The number of amides is 1. The molecule has 6 heteroatoms. The van der Waals surface area contributed by atoms with E-state index in [1.165, 1.54) is 24.3 Å². The van der Waals surface area contributed by atoms with E-state index in [0.717, 1.165) is 0 Å². The molecular formula is C14H18ClNO3S. The number of carbonyl (C=O) groups is 1. The molecule has 0 radical (unpaired) electrons. The molecule has 0 aliphatic rings. The summed E-state index contributed by atoms with van der Waals surface area (Å²) >= 11 is 0. The Hall–Kier alpha value is -1.33. The van der Waals surface area contributed by atoms with Crippen LogP contribution >= 0.6 is 10.7 Å². The number of halogens is 1. The van der Waals surface area contributed by atoms with Gasteiger partial charge >= 0.3 is 0 Å². The molecule has 1 amide bonds. The molecule has 0 heterocycles. The zero-order chi connectivity index (χ0) is 15.6. The van der Waals surface area contributed by atoms with Crippen molar-refractivity contribution in [3.05, 3.63) is 42.5 Å². The third-order valence-corrected chi connectivity index (χ3v) is 4.12. The van der Waals surface area contributed by atoms with Crippen molar-refractivity contribution in [1.82, 2.24) is 4.90 Å². The summed E-state index contributed by atoms with van der Waals surface area (Å²) in [4.78, 5) is 14.1. The quantitative estimate of drug-likeness (QED) is 0.634. The predicted molar refractivity (Wildman–Crippen MR) is 80.5 cm³/mol. The van der Waals surface area contributed by atoms with Gasteiger partial charge in [-0.15, -0.1) is 6.58 Å². The maximum atomic E-state index is 12.4. The van der Waals surface area contributed by atoms with Crippen molar-refractivity contribution in [2.75, 3.05) is 6.54 Å². The van der Waals surface area contributed by atoms with Crippen LogP contribution in [-0.2, 0) is 9.05 Å². The highest BCUT2D eigenvalue weighted by molar-refractivity contribution is 8.13. The van der Waals surface area contributed by atoms with E-state index in [1.807, 2.05) is 20.8 Å². The summed E-state index contributed by atoms with van der Waals surface area (Å²) in [6.07, 6.45) is 1.65. The van der Waals surface area contributed by atoms with Gasteiger partial charge in [0.1, 0.15) is 0 Å². The molecule has 0 aliphatic heterocycles. The third kappa shape index (κ3) is 4.08. The van der Waals surface area contributed by atoms with Gasteiger partial charge in [0.25, 0.3) is 15.0 Å². The van der Waals surface area contributed by atoms with Gasteiger partial charge in [0.05, 0.1) is 4.90 Å². The number of hydrogen-bond donors (Lipinski definition) is 0. The van der Waals surface area contributed by atoms with Gasteiger partial charge < -0.3 is 4.90 Å². The van der Waals surface area contributed by atoms with Gasteiger partial charge in [-0.3, -0.25) is 4.79 Å². The second-order valence-electron chi connectivity index (χ2n) is 5.34. The average Bonchev–Trinajstić information content (AvgIpc) is 2.33. The van der Waals surface area contributed by atoms with Gasteiger partial charge in [-0.05, 0) is 45.0 Å². The molecule has 0 bridgehead atoms. The number of rotatable bonds is 4. The number of carbonyl (C=O) groups excluding carboxylic acids is 1. The lowest BCUT2D eigenvalue weighted by molar-refractivity contribution is 0.0616. The predicted octanol–water partition coefficient (Wildman–Crippen LogP) is 3.04. The Morgan fingerprint density at radius 3 is 2.15 bits per heavy atom. The van der Waals surface area contributed by atoms with Crippen LogP contribution in [0.3, 0.4) is 0 Å². The lowest BCUT2D eigenvalue weighted by Gasteiger charge is -2.35. The maximum Gasteiger partial charge on any atom is 0.261 e. The zero-order valence-electron chi connectivity index (χ0n) is 11.8. The van der Waals surface area contributed by atoms with Crippen LogP contribution in [0.25, 0.3) is 0 Å². The minimum atomic E-state index is -3.77. The Bertz CT molecular complexity index is 600. The molecule has 20 heavy (non-hydrogen) atoms.